The van der Waals surface area contributed by atoms with E-state index in [4.69, 9.17) is 5.11 Å². The number of hydrogen-bond acceptors (Lipinski definition) is 2. The summed E-state index contributed by atoms with van der Waals surface area (Å²) in [5, 5.41) is 12.0. The molecule has 1 heterocycles. The highest BCUT2D eigenvalue weighted by molar-refractivity contribution is 5.74. The van der Waals surface area contributed by atoms with Crippen LogP contribution in [0.25, 0.3) is 0 Å². The average Bonchev–Trinajstić information content (AvgIpc) is 2.47. The maximum atomic E-state index is 12.3. The van der Waals surface area contributed by atoms with Crippen LogP contribution < -0.4 is 5.32 Å². The van der Waals surface area contributed by atoms with Gasteiger partial charge in [-0.3, -0.25) is 4.79 Å². The lowest BCUT2D eigenvalue weighted by atomic mass is 9.82. The predicted octanol–water partition coefficient (Wildman–Crippen LogP) is 2.71. The van der Waals surface area contributed by atoms with Gasteiger partial charge in [-0.2, -0.15) is 0 Å². The normalized spacial score (nSPS) is 33.5. The number of carboxylic acid groups (broad SMARTS) is 1. The number of rotatable bonds is 3. The zero-order valence-electron chi connectivity index (χ0n) is 13.2. The van der Waals surface area contributed by atoms with Crippen molar-refractivity contribution in [3.05, 3.63) is 0 Å². The fourth-order valence-corrected chi connectivity index (χ4v) is 3.52. The number of carbonyl (C=O) groups is 2. The van der Waals surface area contributed by atoms with Gasteiger partial charge in [-0.15, -0.1) is 0 Å². The van der Waals surface area contributed by atoms with Crippen LogP contribution >= 0.6 is 0 Å². The molecular formula is C16H28N2O3. The molecule has 1 aliphatic heterocycles. The minimum atomic E-state index is -0.673. The average molecular weight is 296 g/mol. The highest BCUT2D eigenvalue weighted by Crippen LogP contribution is 2.28. The lowest BCUT2D eigenvalue weighted by molar-refractivity contribution is -0.143. The van der Waals surface area contributed by atoms with E-state index in [0.29, 0.717) is 24.4 Å². The monoisotopic (exact) mass is 296 g/mol. The first kappa shape index (κ1) is 16.1. The molecule has 2 amide bonds. The molecule has 1 saturated heterocycles. The summed E-state index contributed by atoms with van der Waals surface area (Å²) in [6.07, 6.45) is 5.58. The number of nitrogens with one attached hydrogen (secondary N) is 1. The van der Waals surface area contributed by atoms with Crippen LogP contribution in [0.15, 0.2) is 0 Å². The Morgan fingerprint density at radius 3 is 2.38 bits per heavy atom. The number of nitrogens with zero attached hydrogens (tertiary/aromatic N) is 1. The summed E-state index contributed by atoms with van der Waals surface area (Å²) in [6, 6.07) is 0.373. The van der Waals surface area contributed by atoms with Gasteiger partial charge in [-0.25, -0.2) is 4.79 Å². The van der Waals surface area contributed by atoms with Crippen LogP contribution in [-0.2, 0) is 4.79 Å². The van der Waals surface area contributed by atoms with Gasteiger partial charge in [0.1, 0.15) is 0 Å². The second-order valence-electron chi connectivity index (χ2n) is 6.93. The molecule has 2 aliphatic rings. The second kappa shape index (κ2) is 7.14. The summed E-state index contributed by atoms with van der Waals surface area (Å²) in [4.78, 5) is 25.2. The third-order valence-electron chi connectivity index (χ3n) is 5.12. The number of piperidine rings is 1. The number of hydrogen-bond donors (Lipinski definition) is 2. The molecule has 2 N–H and O–H groups in total. The highest BCUT2D eigenvalue weighted by Gasteiger charge is 2.29. The molecule has 0 bridgehead atoms. The van der Waals surface area contributed by atoms with E-state index in [-0.39, 0.29) is 11.9 Å². The molecule has 0 radical (unpaired) electrons. The lowest BCUT2D eigenvalue weighted by Crippen LogP contribution is -2.50. The topological polar surface area (TPSA) is 69.6 Å². The molecule has 21 heavy (non-hydrogen) atoms. The van der Waals surface area contributed by atoms with Crippen LogP contribution in [0.5, 0.6) is 0 Å². The van der Waals surface area contributed by atoms with Gasteiger partial charge >= 0.3 is 12.0 Å². The summed E-state index contributed by atoms with van der Waals surface area (Å²) in [5.74, 6) is 0.161. The molecule has 0 spiro atoms. The Labute approximate surface area is 127 Å². The predicted molar refractivity (Wildman–Crippen MR) is 81.0 cm³/mol. The Kier molecular flexibility index (Phi) is 5.48. The third-order valence-corrected chi connectivity index (χ3v) is 5.12. The van der Waals surface area contributed by atoms with Crippen LogP contribution in [0, 0.1) is 17.8 Å². The van der Waals surface area contributed by atoms with Crippen molar-refractivity contribution in [3.8, 4) is 0 Å². The standard InChI is InChI=1S/C16H28N2O3/c1-11-3-4-12(2)18(10-11)16(21)17-9-13-5-7-14(8-6-13)15(19)20/h11-14H,3-10H2,1-2H3,(H,17,21)(H,19,20). The zero-order chi connectivity index (χ0) is 15.4. The minimum Gasteiger partial charge on any atom is -0.481 e. The smallest absolute Gasteiger partial charge is 0.317 e. The molecule has 1 saturated carbocycles. The molecule has 0 aromatic rings. The van der Waals surface area contributed by atoms with Crippen LogP contribution in [-0.4, -0.2) is 41.1 Å². The Morgan fingerprint density at radius 1 is 1.10 bits per heavy atom. The van der Waals surface area contributed by atoms with Gasteiger partial charge in [-0.05, 0) is 57.3 Å². The maximum Gasteiger partial charge on any atom is 0.317 e. The maximum absolute atomic E-state index is 12.3. The molecule has 2 rings (SSSR count). The number of carbonyl (C=O) groups excluding carboxylic acids is 1. The molecule has 2 unspecified atom stereocenters. The Balaban J connectivity index is 1.73. The van der Waals surface area contributed by atoms with Gasteiger partial charge in [0.15, 0.2) is 0 Å². The van der Waals surface area contributed by atoms with E-state index in [2.05, 4.69) is 19.2 Å². The first-order valence-corrected chi connectivity index (χ1v) is 8.24. The van der Waals surface area contributed by atoms with E-state index in [9.17, 15) is 9.59 Å². The van der Waals surface area contributed by atoms with Crippen LogP contribution in [0.2, 0.25) is 0 Å². The molecular weight excluding hydrogens is 268 g/mol. The van der Waals surface area contributed by atoms with E-state index in [1.165, 1.54) is 6.42 Å². The van der Waals surface area contributed by atoms with E-state index in [1.807, 2.05) is 4.90 Å². The van der Waals surface area contributed by atoms with Crippen molar-refractivity contribution < 1.29 is 14.7 Å². The fraction of sp³-hybridized carbons (Fsp3) is 0.875. The fourth-order valence-electron chi connectivity index (χ4n) is 3.52. The molecule has 2 atom stereocenters. The van der Waals surface area contributed by atoms with Gasteiger partial charge in [0, 0.05) is 19.1 Å². The van der Waals surface area contributed by atoms with Crippen molar-refractivity contribution in [2.75, 3.05) is 13.1 Å². The Bertz CT molecular complexity index is 378. The Hall–Kier alpha value is -1.26. The van der Waals surface area contributed by atoms with Crippen molar-refractivity contribution in [2.45, 2.75) is 58.4 Å². The molecule has 5 heteroatoms. The lowest BCUT2D eigenvalue weighted by Gasteiger charge is -2.37. The SMILES string of the molecule is CC1CCC(C)N(C(=O)NCC2CCC(C(=O)O)CC2)C1. The van der Waals surface area contributed by atoms with Crippen molar-refractivity contribution in [1.82, 2.24) is 10.2 Å². The zero-order valence-corrected chi connectivity index (χ0v) is 13.2. The van der Waals surface area contributed by atoms with Crippen molar-refractivity contribution >= 4 is 12.0 Å². The molecule has 120 valence electrons. The van der Waals surface area contributed by atoms with Gasteiger partial charge in [0.2, 0.25) is 0 Å². The van der Waals surface area contributed by atoms with Gasteiger partial charge in [0.05, 0.1) is 5.92 Å². The summed E-state index contributed by atoms with van der Waals surface area (Å²) in [7, 11) is 0. The summed E-state index contributed by atoms with van der Waals surface area (Å²) < 4.78 is 0. The number of urea groups is 1. The number of likely N-dealkylation sites (tertiary alicyclic amines) is 1. The molecule has 2 fully saturated rings. The van der Waals surface area contributed by atoms with Gasteiger partial charge in [0.25, 0.3) is 0 Å². The summed E-state index contributed by atoms with van der Waals surface area (Å²) in [5.41, 5.74) is 0. The molecule has 1 aliphatic carbocycles. The van der Waals surface area contributed by atoms with E-state index < -0.39 is 5.97 Å². The Morgan fingerprint density at radius 2 is 1.76 bits per heavy atom. The highest BCUT2D eigenvalue weighted by atomic mass is 16.4. The third kappa shape index (κ3) is 4.35. The minimum absolute atomic E-state index is 0.0504. The largest absolute Gasteiger partial charge is 0.481 e. The van der Waals surface area contributed by atoms with Gasteiger partial charge in [-0.1, -0.05) is 6.92 Å². The molecule has 0 aromatic heterocycles. The first-order valence-electron chi connectivity index (χ1n) is 8.24. The van der Waals surface area contributed by atoms with Gasteiger partial charge < -0.3 is 15.3 Å². The number of amides is 2. The second-order valence-corrected chi connectivity index (χ2v) is 6.93. The van der Waals surface area contributed by atoms with Crippen LogP contribution in [0.3, 0.4) is 0 Å². The first-order chi connectivity index (χ1) is 9.97. The van der Waals surface area contributed by atoms with E-state index >= 15 is 0 Å². The van der Waals surface area contributed by atoms with Crippen molar-refractivity contribution in [1.29, 1.82) is 0 Å². The molecule has 0 aromatic carbocycles. The van der Waals surface area contributed by atoms with Crippen LogP contribution in [0.1, 0.15) is 52.4 Å². The number of carboxylic acids is 1. The number of aliphatic carboxylic acids is 1. The quantitative estimate of drug-likeness (QED) is 0.841. The summed E-state index contributed by atoms with van der Waals surface area (Å²) in [6.45, 7) is 5.84. The van der Waals surface area contributed by atoms with Crippen LogP contribution in [0.4, 0.5) is 4.79 Å². The van der Waals surface area contributed by atoms with E-state index in [1.54, 1.807) is 0 Å². The molecule has 5 nitrogen and oxygen atoms in total. The van der Waals surface area contributed by atoms with Crippen molar-refractivity contribution in [2.24, 2.45) is 17.8 Å². The van der Waals surface area contributed by atoms with E-state index in [0.717, 1.165) is 38.6 Å². The summed E-state index contributed by atoms with van der Waals surface area (Å²) >= 11 is 0. The van der Waals surface area contributed by atoms with Crippen molar-refractivity contribution in [3.63, 3.8) is 0 Å².